The minimum atomic E-state index is -1.26. The molecule has 2 rings (SSSR count). The van der Waals surface area contributed by atoms with Gasteiger partial charge in [-0.2, -0.15) is 0 Å². The Balaban J connectivity index is 0.00000450. The third kappa shape index (κ3) is 7.86. The molecule has 0 aliphatic carbocycles. The average molecular weight is 710 g/mol. The molecule has 8 heteroatoms. The van der Waals surface area contributed by atoms with Crippen LogP contribution in [0.5, 0.6) is 0 Å². The van der Waals surface area contributed by atoms with Gasteiger partial charge in [0.25, 0.3) is 0 Å². The smallest absolute Gasteiger partial charge is 0 e. The number of hydrogen-bond acceptors (Lipinski definition) is 0. The van der Waals surface area contributed by atoms with Crippen LogP contribution in [0.2, 0.25) is 78.6 Å². The molecule has 0 saturated carbocycles. The van der Waals surface area contributed by atoms with Crippen molar-refractivity contribution in [3.05, 3.63) is 24.3 Å². The Labute approximate surface area is 217 Å². The first-order valence-electron chi connectivity index (χ1n) is 10.6. The molecule has 30 heavy (non-hydrogen) atoms. The van der Waals surface area contributed by atoms with Gasteiger partial charge in [-0.1, -0.05) is 0 Å². The van der Waals surface area contributed by atoms with Gasteiger partial charge in [0.2, 0.25) is 0 Å². The van der Waals surface area contributed by atoms with Crippen LogP contribution >= 0.6 is 0 Å². The van der Waals surface area contributed by atoms with E-state index in [0.29, 0.717) is 26.3 Å². The van der Waals surface area contributed by atoms with E-state index in [9.17, 15) is 0 Å². The summed E-state index contributed by atoms with van der Waals surface area (Å²) in [5, 5.41) is 6.96. The monoisotopic (exact) mass is 712 g/mol. The Kier molecular flexibility index (Phi) is 10.4. The van der Waals surface area contributed by atoms with Crippen LogP contribution in [0, 0.1) is 0 Å². The van der Waals surface area contributed by atoms with Crippen LogP contribution in [0.4, 0.5) is 0 Å². The summed E-state index contributed by atoms with van der Waals surface area (Å²) in [6, 6.07) is 10.6. The third-order valence-electron chi connectivity index (χ3n) is 5.30. The van der Waals surface area contributed by atoms with Crippen LogP contribution in [0.1, 0.15) is 0 Å². The minimum Gasteiger partial charge on any atom is 0 e. The summed E-state index contributed by atoms with van der Waals surface area (Å²) in [6.45, 7) is 30.2. The molecular weight excluding hydrogens is 669 g/mol. The molecule has 0 aliphatic heterocycles. The summed E-state index contributed by atoms with van der Waals surface area (Å²) < 4.78 is 3.56. The molecule has 0 nitrogen and oxygen atoms in total. The topological polar surface area (TPSA) is 0 Å². The van der Waals surface area contributed by atoms with E-state index in [-0.39, 0.29) is 17.1 Å². The standard InChI is InChI=1S/C22H40Se3Si4.Fe/c1-26(2,3)17-13-19(21(15-17)28(7,8)9)23-25-24-20-14-18(27(4,5)6)16-22(20)29(10,11)12;/h13-16H,1-12H3;/q-2;. The van der Waals surface area contributed by atoms with Crippen molar-refractivity contribution in [3.63, 3.8) is 0 Å². The Morgan fingerprint density at radius 2 is 0.867 bits per heavy atom. The molecule has 0 saturated heterocycles. The first-order chi connectivity index (χ1) is 12.9. The maximum absolute atomic E-state index is 2.65. The van der Waals surface area contributed by atoms with Gasteiger partial charge in [0, 0.05) is 17.1 Å². The second kappa shape index (κ2) is 10.5. The van der Waals surface area contributed by atoms with Crippen molar-refractivity contribution >= 4 is 99.5 Å². The van der Waals surface area contributed by atoms with Gasteiger partial charge in [-0.25, -0.2) is 0 Å². The van der Waals surface area contributed by atoms with Crippen LogP contribution in [0.15, 0.2) is 24.3 Å². The van der Waals surface area contributed by atoms with Crippen molar-refractivity contribution in [1.29, 1.82) is 0 Å². The van der Waals surface area contributed by atoms with Crippen molar-refractivity contribution in [3.8, 4) is 0 Å². The molecule has 0 unspecified atom stereocenters. The van der Waals surface area contributed by atoms with Crippen LogP contribution in [0.25, 0.3) is 0 Å². The van der Waals surface area contributed by atoms with E-state index in [1.54, 1.807) is 29.7 Å². The van der Waals surface area contributed by atoms with E-state index < -0.39 is 32.3 Å². The zero-order valence-corrected chi connectivity index (χ0v) is 31.1. The van der Waals surface area contributed by atoms with E-state index in [1.807, 2.05) is 0 Å². The van der Waals surface area contributed by atoms with Crippen molar-refractivity contribution < 1.29 is 17.1 Å². The van der Waals surface area contributed by atoms with Crippen LogP contribution < -0.4 is 29.7 Å². The van der Waals surface area contributed by atoms with Gasteiger partial charge >= 0.3 is 202 Å². The predicted molar refractivity (Wildman–Crippen MR) is 153 cm³/mol. The van der Waals surface area contributed by atoms with E-state index in [4.69, 9.17) is 0 Å². The number of hydrogen-bond donors (Lipinski definition) is 0. The van der Waals surface area contributed by atoms with Gasteiger partial charge < -0.3 is 0 Å². The molecule has 0 heterocycles. The SMILES string of the molecule is C[Si](C)(C)c1cc([Se][Se][Se]c2cc([Si](C)(C)C)c[c-]2[Si](C)(C)C)[c-]([Si](C)(C)C)c1.[Fe]. The van der Waals surface area contributed by atoms with Crippen molar-refractivity contribution in [2.24, 2.45) is 0 Å². The molecule has 0 N–H and O–H groups in total. The summed E-state index contributed by atoms with van der Waals surface area (Å²) in [5.41, 5.74) is 0. The van der Waals surface area contributed by atoms with E-state index in [2.05, 4.69) is 103 Å². The molecule has 0 bridgehead atoms. The average Bonchev–Trinajstić information content (AvgIpc) is 3.09. The van der Waals surface area contributed by atoms with E-state index in [0.717, 1.165) is 11.3 Å². The van der Waals surface area contributed by atoms with Gasteiger partial charge in [0.05, 0.1) is 0 Å². The maximum atomic E-state index is 2.65. The fourth-order valence-corrected chi connectivity index (χ4v) is 32.2. The van der Waals surface area contributed by atoms with Crippen molar-refractivity contribution in [2.75, 3.05) is 0 Å². The molecule has 0 spiro atoms. The first-order valence-corrected chi connectivity index (χ1v) is 34.9. The normalized spacial score (nSPS) is 13.5. The Morgan fingerprint density at radius 3 is 1.10 bits per heavy atom. The summed E-state index contributed by atoms with van der Waals surface area (Å²) in [6.07, 6.45) is 0. The summed E-state index contributed by atoms with van der Waals surface area (Å²) in [7, 11) is -4.96. The van der Waals surface area contributed by atoms with Gasteiger partial charge in [-0.15, -0.1) is 0 Å². The van der Waals surface area contributed by atoms with E-state index >= 15 is 0 Å². The fraction of sp³-hybridized carbons (Fsp3) is 0.545. The van der Waals surface area contributed by atoms with E-state index in [1.165, 1.54) is 0 Å². The molecule has 0 atom stereocenters. The summed E-state index contributed by atoms with van der Waals surface area (Å²) >= 11 is 2.15. The second-order valence-corrected chi connectivity index (χ2v) is 48.2. The predicted octanol–water partition coefficient (Wildman–Crippen LogP) is 2.20. The third-order valence-corrected chi connectivity index (χ3v) is 29.8. The van der Waals surface area contributed by atoms with Gasteiger partial charge in [-0.05, 0) is 0 Å². The molecule has 0 fully saturated rings. The van der Waals surface area contributed by atoms with Crippen LogP contribution in [-0.2, 0) is 17.1 Å². The van der Waals surface area contributed by atoms with Gasteiger partial charge in [0.15, 0.2) is 0 Å². The molecule has 2 aromatic rings. The maximum Gasteiger partial charge on any atom is 0 e. The Hall–Kier alpha value is 1.65. The van der Waals surface area contributed by atoms with Crippen LogP contribution in [0.3, 0.4) is 0 Å². The van der Waals surface area contributed by atoms with Crippen molar-refractivity contribution in [1.82, 2.24) is 0 Å². The minimum absolute atomic E-state index is 0. The van der Waals surface area contributed by atoms with Crippen molar-refractivity contribution in [2.45, 2.75) is 78.6 Å². The largest absolute Gasteiger partial charge is 0 e. The Bertz CT molecular complexity index is 774. The molecule has 2 aromatic carbocycles. The summed E-state index contributed by atoms with van der Waals surface area (Å²) in [4.78, 5) is 0. The fourth-order valence-electron chi connectivity index (χ4n) is 3.24. The molecular formula is C22H40FeSe3Si4-2. The summed E-state index contributed by atoms with van der Waals surface area (Å²) in [5.74, 6) is 0. The molecule has 0 aliphatic rings. The number of rotatable bonds is 8. The molecule has 0 amide bonds. The molecule has 0 aromatic heterocycles. The van der Waals surface area contributed by atoms with Gasteiger partial charge in [-0.3, -0.25) is 0 Å². The Morgan fingerprint density at radius 1 is 0.567 bits per heavy atom. The second-order valence-electron chi connectivity index (χ2n) is 12.3. The molecule has 0 radical (unpaired) electrons. The quantitative estimate of drug-likeness (QED) is 0.292. The van der Waals surface area contributed by atoms with Gasteiger partial charge in [0.1, 0.15) is 0 Å². The zero-order valence-electron chi connectivity index (χ0n) is 20.9. The van der Waals surface area contributed by atoms with Crippen LogP contribution in [-0.4, -0.2) is 69.9 Å². The zero-order chi connectivity index (χ0) is 22.4. The first kappa shape index (κ1) is 29.7. The molecule has 172 valence electrons.